The predicted octanol–water partition coefficient (Wildman–Crippen LogP) is 2.70. The molecule has 0 atom stereocenters. The van der Waals surface area contributed by atoms with Gasteiger partial charge in [-0.2, -0.15) is 0 Å². The van der Waals surface area contributed by atoms with E-state index in [0.717, 1.165) is 0 Å². The summed E-state index contributed by atoms with van der Waals surface area (Å²) in [5.74, 6) is -2.51. The summed E-state index contributed by atoms with van der Waals surface area (Å²) < 4.78 is 18.3. The third kappa shape index (κ3) is 1.99. The monoisotopic (exact) mass is 274 g/mol. The molecule has 2 rings (SSSR count). The second kappa shape index (κ2) is 4.31. The summed E-state index contributed by atoms with van der Waals surface area (Å²) >= 11 is 5.73. The molecule has 6 heteroatoms. The van der Waals surface area contributed by atoms with Gasteiger partial charge in [-0.15, -0.1) is 0 Å². The average molecular weight is 275 g/mol. The minimum Gasteiger partial charge on any atom is -0.504 e. The molecule has 0 heterocycles. The van der Waals surface area contributed by atoms with Crippen LogP contribution in [0.5, 0.6) is 11.5 Å². The molecule has 0 aromatic heterocycles. The number of hydrogen-bond donors (Lipinski definition) is 2. The van der Waals surface area contributed by atoms with E-state index in [-0.39, 0.29) is 22.9 Å². The number of ether oxygens (including phenoxy) is 1. The highest BCUT2D eigenvalue weighted by atomic mass is 35.5. The van der Waals surface area contributed by atoms with E-state index in [2.05, 4.69) is 0 Å². The summed E-state index contributed by atoms with van der Waals surface area (Å²) in [7, 11) is 1.22. The molecule has 0 aliphatic heterocycles. The molecule has 1 saturated carbocycles. The Labute approximate surface area is 108 Å². The number of carbonyl (C=O) groups is 1. The first-order valence-electron chi connectivity index (χ1n) is 5.38. The highest BCUT2D eigenvalue weighted by molar-refractivity contribution is 6.31. The lowest BCUT2D eigenvalue weighted by Crippen LogP contribution is -2.14. The van der Waals surface area contributed by atoms with E-state index in [0.29, 0.717) is 18.4 Å². The number of carboxylic acids is 1. The molecule has 98 valence electrons. The summed E-state index contributed by atoms with van der Waals surface area (Å²) in [5, 5.41) is 18.7. The standard InChI is InChI=1S/C12H12ClFO4/c1-18-11-9(14)7(13)4-6(10(11)17)12(2-3-12)5-8(15)16/h4,17H,2-3,5H2,1H3,(H,15,16). The van der Waals surface area contributed by atoms with E-state index in [4.69, 9.17) is 21.4 Å². The third-order valence-corrected chi connectivity index (χ3v) is 3.54. The van der Waals surface area contributed by atoms with Crippen molar-refractivity contribution >= 4 is 17.6 Å². The first-order chi connectivity index (χ1) is 8.41. The Morgan fingerprint density at radius 3 is 2.67 bits per heavy atom. The lowest BCUT2D eigenvalue weighted by molar-refractivity contribution is -0.137. The molecule has 1 fully saturated rings. The zero-order chi connectivity index (χ0) is 13.5. The van der Waals surface area contributed by atoms with Gasteiger partial charge in [0.05, 0.1) is 18.6 Å². The Hall–Kier alpha value is -1.49. The van der Waals surface area contributed by atoms with Crippen molar-refractivity contribution in [2.45, 2.75) is 24.7 Å². The number of phenols is 1. The van der Waals surface area contributed by atoms with Gasteiger partial charge in [0.15, 0.2) is 17.3 Å². The van der Waals surface area contributed by atoms with Crippen LogP contribution in [0.25, 0.3) is 0 Å². The Bertz CT molecular complexity index is 511. The molecular formula is C12H12ClFO4. The molecular weight excluding hydrogens is 263 g/mol. The fourth-order valence-corrected chi connectivity index (χ4v) is 2.36. The van der Waals surface area contributed by atoms with Crippen LogP contribution in [0.3, 0.4) is 0 Å². The van der Waals surface area contributed by atoms with E-state index in [1.807, 2.05) is 0 Å². The topological polar surface area (TPSA) is 66.8 Å². The van der Waals surface area contributed by atoms with Crippen LogP contribution in [0.2, 0.25) is 5.02 Å². The molecule has 0 amide bonds. The van der Waals surface area contributed by atoms with Crippen LogP contribution in [0.4, 0.5) is 4.39 Å². The van der Waals surface area contributed by atoms with Crippen molar-refractivity contribution in [1.82, 2.24) is 0 Å². The van der Waals surface area contributed by atoms with Crippen molar-refractivity contribution in [2.24, 2.45) is 0 Å². The van der Waals surface area contributed by atoms with Crippen molar-refractivity contribution in [1.29, 1.82) is 0 Å². The Morgan fingerprint density at radius 1 is 1.61 bits per heavy atom. The first-order valence-corrected chi connectivity index (χ1v) is 5.76. The van der Waals surface area contributed by atoms with Gasteiger partial charge in [-0.1, -0.05) is 11.6 Å². The van der Waals surface area contributed by atoms with Crippen molar-refractivity contribution in [3.63, 3.8) is 0 Å². The number of rotatable bonds is 4. The summed E-state index contributed by atoms with van der Waals surface area (Å²) in [5.41, 5.74) is -0.311. The van der Waals surface area contributed by atoms with Gasteiger partial charge in [-0.3, -0.25) is 4.79 Å². The average Bonchev–Trinajstić information content (AvgIpc) is 3.04. The van der Waals surface area contributed by atoms with E-state index in [9.17, 15) is 14.3 Å². The molecule has 0 unspecified atom stereocenters. The number of hydrogen-bond acceptors (Lipinski definition) is 3. The van der Waals surface area contributed by atoms with Gasteiger partial charge in [0.2, 0.25) is 0 Å². The van der Waals surface area contributed by atoms with E-state index >= 15 is 0 Å². The molecule has 0 spiro atoms. The molecule has 2 N–H and O–H groups in total. The fraction of sp³-hybridized carbons (Fsp3) is 0.417. The van der Waals surface area contributed by atoms with E-state index in [1.165, 1.54) is 13.2 Å². The van der Waals surface area contributed by atoms with Gasteiger partial charge in [0.25, 0.3) is 0 Å². The molecule has 1 aliphatic rings. The van der Waals surface area contributed by atoms with Crippen molar-refractivity contribution in [3.8, 4) is 11.5 Å². The lowest BCUT2D eigenvalue weighted by atomic mass is 9.91. The van der Waals surface area contributed by atoms with Gasteiger partial charge >= 0.3 is 5.97 Å². The number of halogens is 2. The largest absolute Gasteiger partial charge is 0.504 e. The van der Waals surface area contributed by atoms with Gasteiger partial charge in [0.1, 0.15) is 0 Å². The third-order valence-electron chi connectivity index (χ3n) is 3.27. The normalized spacial score (nSPS) is 16.4. The van der Waals surface area contributed by atoms with Gasteiger partial charge in [-0.05, 0) is 18.9 Å². The molecule has 1 aromatic rings. The van der Waals surface area contributed by atoms with Crippen LogP contribution in [-0.2, 0) is 10.2 Å². The Balaban J connectivity index is 2.52. The Morgan fingerprint density at radius 2 is 2.22 bits per heavy atom. The smallest absolute Gasteiger partial charge is 0.304 e. The quantitative estimate of drug-likeness (QED) is 0.886. The lowest BCUT2D eigenvalue weighted by Gasteiger charge is -2.18. The van der Waals surface area contributed by atoms with Gasteiger partial charge in [-0.25, -0.2) is 4.39 Å². The molecule has 1 aliphatic carbocycles. The van der Waals surface area contributed by atoms with Crippen molar-refractivity contribution in [2.75, 3.05) is 7.11 Å². The van der Waals surface area contributed by atoms with E-state index in [1.54, 1.807) is 0 Å². The van der Waals surface area contributed by atoms with Gasteiger partial charge < -0.3 is 14.9 Å². The number of phenolic OH excluding ortho intramolecular Hbond substituents is 1. The van der Waals surface area contributed by atoms with Crippen LogP contribution >= 0.6 is 11.6 Å². The summed E-state index contributed by atoms with van der Waals surface area (Å²) in [6.07, 6.45) is 1.13. The summed E-state index contributed by atoms with van der Waals surface area (Å²) in [6.45, 7) is 0. The SMILES string of the molecule is COc1c(O)c(C2(CC(=O)O)CC2)cc(Cl)c1F. The first kappa shape index (κ1) is 13.0. The maximum Gasteiger partial charge on any atom is 0.304 e. The zero-order valence-electron chi connectivity index (χ0n) is 9.67. The number of carboxylic acid groups (broad SMARTS) is 1. The maximum absolute atomic E-state index is 13.6. The van der Waals surface area contributed by atoms with Gasteiger partial charge in [0, 0.05) is 11.0 Å². The summed E-state index contributed by atoms with van der Waals surface area (Å²) in [6, 6.07) is 1.28. The minimum atomic E-state index is -0.966. The molecule has 18 heavy (non-hydrogen) atoms. The zero-order valence-corrected chi connectivity index (χ0v) is 10.4. The fourth-order valence-electron chi connectivity index (χ4n) is 2.17. The number of benzene rings is 1. The van der Waals surface area contributed by atoms with Crippen molar-refractivity contribution in [3.05, 3.63) is 22.5 Å². The number of aliphatic carboxylic acids is 1. The number of aromatic hydroxyl groups is 1. The van der Waals surface area contributed by atoms with Crippen LogP contribution < -0.4 is 4.74 Å². The van der Waals surface area contributed by atoms with Crippen LogP contribution in [0.1, 0.15) is 24.8 Å². The molecule has 0 bridgehead atoms. The molecule has 0 radical (unpaired) electrons. The molecule has 4 nitrogen and oxygen atoms in total. The van der Waals surface area contributed by atoms with Crippen molar-refractivity contribution < 1.29 is 24.1 Å². The van der Waals surface area contributed by atoms with Crippen LogP contribution in [-0.4, -0.2) is 23.3 Å². The highest BCUT2D eigenvalue weighted by Crippen LogP contribution is 2.56. The number of methoxy groups -OCH3 is 1. The second-order valence-corrected chi connectivity index (χ2v) is 4.86. The maximum atomic E-state index is 13.6. The summed E-state index contributed by atoms with van der Waals surface area (Å²) in [4.78, 5) is 10.8. The predicted molar refractivity (Wildman–Crippen MR) is 62.8 cm³/mol. The van der Waals surface area contributed by atoms with Crippen LogP contribution in [0, 0.1) is 5.82 Å². The Kier molecular flexibility index (Phi) is 3.11. The minimum absolute atomic E-state index is 0.119. The van der Waals surface area contributed by atoms with E-state index < -0.39 is 17.2 Å². The van der Waals surface area contributed by atoms with Crippen LogP contribution in [0.15, 0.2) is 6.07 Å². The second-order valence-electron chi connectivity index (χ2n) is 4.45. The molecule has 1 aromatic carbocycles. The molecule has 0 saturated heterocycles. The highest BCUT2D eigenvalue weighted by Gasteiger charge is 2.48.